The van der Waals surface area contributed by atoms with Gasteiger partial charge in [0.25, 0.3) is 0 Å². The van der Waals surface area contributed by atoms with Crippen LogP contribution in [0.4, 0.5) is 0 Å². The molecule has 0 N–H and O–H groups in total. The van der Waals surface area contributed by atoms with Crippen molar-refractivity contribution in [1.82, 2.24) is 9.78 Å². The molecule has 2 rings (SSSR count). The number of hydrogen-bond acceptors (Lipinski definition) is 3. The van der Waals surface area contributed by atoms with Gasteiger partial charge in [-0.15, -0.1) is 0 Å². The predicted molar refractivity (Wildman–Crippen MR) is 63.5 cm³/mol. The number of aromatic nitrogens is 2. The number of ketones is 1. The third-order valence-electron chi connectivity index (χ3n) is 2.86. The van der Waals surface area contributed by atoms with Crippen LogP contribution in [0.3, 0.4) is 0 Å². The van der Waals surface area contributed by atoms with Crippen molar-refractivity contribution in [3.63, 3.8) is 0 Å². The maximum Gasteiger partial charge on any atom is 0.187 e. The average molecular weight is 287 g/mol. The lowest BCUT2D eigenvalue weighted by molar-refractivity contribution is 0.0454. The van der Waals surface area contributed by atoms with Gasteiger partial charge in [-0.2, -0.15) is 5.10 Å². The molecule has 1 saturated heterocycles. The number of aryl methyl sites for hydroxylation is 1. The lowest BCUT2D eigenvalue weighted by Crippen LogP contribution is -2.27. The highest BCUT2D eigenvalue weighted by Crippen LogP contribution is 2.24. The Morgan fingerprint density at radius 2 is 2.56 bits per heavy atom. The molecule has 1 unspecified atom stereocenters. The zero-order valence-corrected chi connectivity index (χ0v) is 10.9. The zero-order chi connectivity index (χ0) is 11.5. The summed E-state index contributed by atoms with van der Waals surface area (Å²) in [4.78, 5) is 12.3. The Hall–Kier alpha value is -0.680. The lowest BCUT2D eigenvalue weighted by Gasteiger charge is -2.21. The molecule has 16 heavy (non-hydrogen) atoms. The van der Waals surface area contributed by atoms with Crippen LogP contribution in [0.15, 0.2) is 10.7 Å². The Bertz CT molecular complexity index is 383. The highest BCUT2D eigenvalue weighted by molar-refractivity contribution is 9.10. The maximum absolute atomic E-state index is 12.3. The van der Waals surface area contributed by atoms with E-state index in [0.717, 1.165) is 23.9 Å². The molecule has 5 heteroatoms. The van der Waals surface area contributed by atoms with Crippen LogP contribution in [-0.4, -0.2) is 28.8 Å². The highest BCUT2D eigenvalue weighted by atomic mass is 79.9. The van der Waals surface area contributed by atoms with E-state index in [1.165, 1.54) is 0 Å². The first-order valence-electron chi connectivity index (χ1n) is 5.57. The van der Waals surface area contributed by atoms with Gasteiger partial charge in [0, 0.05) is 19.1 Å². The Morgan fingerprint density at radius 3 is 3.19 bits per heavy atom. The zero-order valence-electron chi connectivity index (χ0n) is 9.28. The summed E-state index contributed by atoms with van der Waals surface area (Å²) in [6, 6.07) is 0. The van der Waals surface area contributed by atoms with Gasteiger partial charge in [0.1, 0.15) is 5.69 Å². The Kier molecular flexibility index (Phi) is 3.76. The number of hydrogen-bond donors (Lipinski definition) is 0. The summed E-state index contributed by atoms with van der Waals surface area (Å²) < 4.78 is 7.87. The molecule has 0 aromatic carbocycles. The molecule has 1 atom stereocenters. The molecule has 0 radical (unpaired) electrons. The van der Waals surface area contributed by atoms with Crippen LogP contribution in [0.5, 0.6) is 0 Å². The molecule has 0 aliphatic carbocycles. The van der Waals surface area contributed by atoms with Crippen LogP contribution < -0.4 is 0 Å². The van der Waals surface area contributed by atoms with E-state index in [0.29, 0.717) is 18.8 Å². The molecule has 1 aliphatic heterocycles. The van der Waals surface area contributed by atoms with Gasteiger partial charge in [-0.25, -0.2) is 0 Å². The highest BCUT2D eigenvalue weighted by Gasteiger charge is 2.27. The summed E-state index contributed by atoms with van der Waals surface area (Å²) >= 11 is 3.38. The van der Waals surface area contributed by atoms with Crippen molar-refractivity contribution in [1.29, 1.82) is 0 Å². The van der Waals surface area contributed by atoms with E-state index in [-0.39, 0.29) is 11.7 Å². The van der Waals surface area contributed by atoms with E-state index in [1.807, 2.05) is 6.92 Å². The molecule has 1 aliphatic rings. The second kappa shape index (κ2) is 5.10. The fraction of sp³-hybridized carbons (Fsp3) is 0.636. The van der Waals surface area contributed by atoms with Crippen molar-refractivity contribution in [3.8, 4) is 0 Å². The summed E-state index contributed by atoms with van der Waals surface area (Å²) in [5.41, 5.74) is 0.679. The van der Waals surface area contributed by atoms with Gasteiger partial charge in [-0.3, -0.25) is 9.48 Å². The molecular weight excluding hydrogens is 272 g/mol. The summed E-state index contributed by atoms with van der Waals surface area (Å²) in [6.45, 7) is 4.01. The van der Waals surface area contributed by atoms with Gasteiger partial charge >= 0.3 is 0 Å². The molecule has 1 aromatic rings. The Morgan fingerprint density at radius 1 is 1.75 bits per heavy atom. The normalized spacial score (nSPS) is 21.0. The molecule has 0 amide bonds. The molecule has 88 valence electrons. The van der Waals surface area contributed by atoms with Gasteiger partial charge in [-0.05, 0) is 35.7 Å². The third kappa shape index (κ3) is 2.20. The monoisotopic (exact) mass is 286 g/mol. The Balaban J connectivity index is 2.21. The van der Waals surface area contributed by atoms with E-state index in [2.05, 4.69) is 21.0 Å². The molecule has 1 aromatic heterocycles. The van der Waals surface area contributed by atoms with E-state index in [4.69, 9.17) is 4.74 Å². The van der Waals surface area contributed by atoms with E-state index in [1.54, 1.807) is 10.9 Å². The minimum atomic E-state index is -0.00736. The van der Waals surface area contributed by atoms with Crippen LogP contribution in [0.1, 0.15) is 30.3 Å². The standard InChI is InChI=1S/C11H15BrN2O2/c1-2-14-10(9(12)6-13-14)11(15)8-4-3-5-16-7-8/h6,8H,2-5,7H2,1H3. The first-order chi connectivity index (χ1) is 7.74. The fourth-order valence-corrected chi connectivity index (χ4v) is 2.48. The van der Waals surface area contributed by atoms with Crippen LogP contribution in [-0.2, 0) is 11.3 Å². The summed E-state index contributed by atoms with van der Waals surface area (Å²) in [5, 5.41) is 4.16. The minimum Gasteiger partial charge on any atom is -0.381 e. The molecule has 2 heterocycles. The third-order valence-corrected chi connectivity index (χ3v) is 3.44. The first-order valence-corrected chi connectivity index (χ1v) is 6.36. The summed E-state index contributed by atoms with van der Waals surface area (Å²) in [6.07, 6.45) is 3.56. The maximum atomic E-state index is 12.3. The number of nitrogens with zero attached hydrogens (tertiary/aromatic N) is 2. The number of Topliss-reactive ketones (excluding diaryl/α,β-unsaturated/α-hetero) is 1. The van der Waals surface area contributed by atoms with Crippen LogP contribution in [0.2, 0.25) is 0 Å². The molecular formula is C11H15BrN2O2. The number of carbonyl (C=O) groups excluding carboxylic acids is 1. The SMILES string of the molecule is CCn1ncc(Br)c1C(=O)C1CCCOC1. The lowest BCUT2D eigenvalue weighted by atomic mass is 9.95. The van der Waals surface area contributed by atoms with Crippen molar-refractivity contribution >= 4 is 21.7 Å². The second-order valence-corrected chi connectivity index (χ2v) is 4.79. The van der Waals surface area contributed by atoms with Crippen LogP contribution in [0, 0.1) is 5.92 Å². The number of halogens is 1. The molecule has 1 fully saturated rings. The molecule has 0 bridgehead atoms. The van der Waals surface area contributed by atoms with Gasteiger partial charge in [0.15, 0.2) is 5.78 Å². The van der Waals surface area contributed by atoms with E-state index in [9.17, 15) is 4.79 Å². The quantitative estimate of drug-likeness (QED) is 0.801. The minimum absolute atomic E-state index is 0.00736. The molecule has 4 nitrogen and oxygen atoms in total. The van der Waals surface area contributed by atoms with Crippen LogP contribution in [0.25, 0.3) is 0 Å². The van der Waals surface area contributed by atoms with Crippen molar-refractivity contribution in [2.45, 2.75) is 26.3 Å². The van der Waals surface area contributed by atoms with Gasteiger partial charge < -0.3 is 4.74 Å². The van der Waals surface area contributed by atoms with Crippen LogP contribution >= 0.6 is 15.9 Å². The van der Waals surface area contributed by atoms with Crippen molar-refractivity contribution < 1.29 is 9.53 Å². The van der Waals surface area contributed by atoms with E-state index < -0.39 is 0 Å². The molecule has 0 saturated carbocycles. The van der Waals surface area contributed by atoms with Crippen molar-refractivity contribution in [2.75, 3.05) is 13.2 Å². The van der Waals surface area contributed by atoms with Gasteiger partial charge in [0.2, 0.25) is 0 Å². The van der Waals surface area contributed by atoms with Crippen molar-refractivity contribution in [2.24, 2.45) is 5.92 Å². The van der Waals surface area contributed by atoms with Crippen molar-refractivity contribution in [3.05, 3.63) is 16.4 Å². The topological polar surface area (TPSA) is 44.1 Å². The number of rotatable bonds is 3. The average Bonchev–Trinajstić information content (AvgIpc) is 2.70. The number of ether oxygens (including phenoxy) is 1. The second-order valence-electron chi connectivity index (χ2n) is 3.94. The largest absolute Gasteiger partial charge is 0.381 e. The predicted octanol–water partition coefficient (Wildman–Crippen LogP) is 2.27. The smallest absolute Gasteiger partial charge is 0.187 e. The Labute approximate surface area is 103 Å². The fourth-order valence-electron chi connectivity index (χ4n) is 1.99. The summed E-state index contributed by atoms with van der Waals surface area (Å²) in [5.74, 6) is 0.137. The summed E-state index contributed by atoms with van der Waals surface area (Å²) in [7, 11) is 0. The number of carbonyl (C=O) groups is 1. The van der Waals surface area contributed by atoms with Gasteiger partial charge in [-0.1, -0.05) is 0 Å². The van der Waals surface area contributed by atoms with Gasteiger partial charge in [0.05, 0.1) is 17.3 Å². The van der Waals surface area contributed by atoms with E-state index >= 15 is 0 Å². The molecule has 0 spiro atoms. The first kappa shape index (κ1) is 11.8.